The van der Waals surface area contributed by atoms with Crippen molar-refractivity contribution in [1.29, 1.82) is 0 Å². The highest BCUT2D eigenvalue weighted by Crippen LogP contribution is 2.11. The van der Waals surface area contributed by atoms with Crippen molar-refractivity contribution >= 4 is 11.6 Å². The number of rotatable bonds is 0. The van der Waals surface area contributed by atoms with Crippen molar-refractivity contribution in [3.63, 3.8) is 0 Å². The molecule has 3 heteroatoms. The van der Waals surface area contributed by atoms with Gasteiger partial charge in [-0.2, -0.15) is 0 Å². The topological polar surface area (TPSA) is 15.3 Å². The third-order valence-electron chi connectivity index (χ3n) is 1.11. The van der Waals surface area contributed by atoms with Crippen LogP contribution in [0, 0.1) is 0 Å². The van der Waals surface area contributed by atoms with Crippen LogP contribution in [0.15, 0.2) is 11.2 Å². The fourth-order valence-electron chi connectivity index (χ4n) is 0.722. The zero-order valence-corrected chi connectivity index (χ0v) is 5.74. The van der Waals surface area contributed by atoms with Crippen molar-refractivity contribution in [2.45, 2.75) is 13.0 Å². The molecule has 8 heavy (non-hydrogen) atoms. The van der Waals surface area contributed by atoms with Crippen LogP contribution in [0.3, 0.4) is 0 Å². The first-order valence-corrected chi connectivity index (χ1v) is 2.95. The van der Waals surface area contributed by atoms with E-state index in [9.17, 15) is 0 Å². The van der Waals surface area contributed by atoms with Gasteiger partial charge in [0, 0.05) is 13.1 Å². The molecule has 1 N–H and O–H groups in total. The summed E-state index contributed by atoms with van der Waals surface area (Å²) in [5, 5.41) is 2.57. The second-order valence-corrected chi connectivity index (χ2v) is 2.35. The third-order valence-corrected chi connectivity index (χ3v) is 1.48. The van der Waals surface area contributed by atoms with Crippen LogP contribution in [0.4, 0.5) is 0 Å². The molecule has 1 rings (SSSR count). The molecule has 0 aliphatic carbocycles. The molecule has 0 saturated heterocycles. The van der Waals surface area contributed by atoms with E-state index in [2.05, 4.69) is 5.43 Å². The maximum absolute atomic E-state index is 5.68. The molecule has 0 amide bonds. The predicted molar refractivity (Wildman–Crippen MR) is 34.3 cm³/mol. The summed E-state index contributed by atoms with van der Waals surface area (Å²) in [4.78, 5) is 0. The molecule has 0 bridgehead atoms. The summed E-state index contributed by atoms with van der Waals surface area (Å²) < 4.78 is 0. The molecule has 1 aliphatic rings. The molecular weight excluding hydrogens is 124 g/mol. The molecule has 0 radical (unpaired) electrons. The Morgan fingerprint density at radius 3 is 2.62 bits per heavy atom. The minimum absolute atomic E-state index is 0.382. The average Bonchev–Trinajstić information content (AvgIpc) is 1.85. The Balaban J connectivity index is 2.59. The van der Waals surface area contributed by atoms with Gasteiger partial charge in [-0.1, -0.05) is 11.6 Å². The van der Waals surface area contributed by atoms with Gasteiger partial charge in [0.05, 0.1) is 0 Å². The minimum Gasteiger partial charge on any atom is -0.301 e. The highest BCUT2D eigenvalue weighted by Gasteiger charge is 2.12. The first kappa shape index (κ1) is 5.92. The summed E-state index contributed by atoms with van der Waals surface area (Å²) in [6.45, 7) is 2.05. The highest BCUT2D eigenvalue weighted by atomic mass is 35.5. The second kappa shape index (κ2) is 1.96. The van der Waals surface area contributed by atoms with E-state index in [1.807, 2.05) is 20.0 Å². The van der Waals surface area contributed by atoms with Crippen LogP contribution >= 0.6 is 11.6 Å². The standard InChI is InChI=1S/C5H9ClN2/c1-4-3-5(6)8(2)7-4/h3-4,7H,1-2H3. The summed E-state index contributed by atoms with van der Waals surface area (Å²) in [6, 6.07) is 0.382. The van der Waals surface area contributed by atoms with Gasteiger partial charge in [-0.05, 0) is 13.0 Å². The highest BCUT2D eigenvalue weighted by molar-refractivity contribution is 6.29. The largest absolute Gasteiger partial charge is 0.301 e. The van der Waals surface area contributed by atoms with E-state index in [1.165, 1.54) is 0 Å². The van der Waals surface area contributed by atoms with Crippen LogP contribution in [-0.4, -0.2) is 18.1 Å². The van der Waals surface area contributed by atoms with Gasteiger partial charge in [-0.3, -0.25) is 0 Å². The first-order valence-electron chi connectivity index (χ1n) is 2.57. The average molecular weight is 133 g/mol. The van der Waals surface area contributed by atoms with Gasteiger partial charge >= 0.3 is 0 Å². The van der Waals surface area contributed by atoms with Gasteiger partial charge in [-0.25, -0.2) is 5.43 Å². The Morgan fingerprint density at radius 2 is 2.50 bits per heavy atom. The summed E-state index contributed by atoms with van der Waals surface area (Å²) >= 11 is 5.68. The van der Waals surface area contributed by atoms with E-state index in [1.54, 1.807) is 5.01 Å². The molecule has 0 aromatic rings. The zero-order chi connectivity index (χ0) is 6.15. The van der Waals surface area contributed by atoms with E-state index in [0.29, 0.717) is 6.04 Å². The van der Waals surface area contributed by atoms with E-state index in [-0.39, 0.29) is 0 Å². The molecule has 1 heterocycles. The Kier molecular flexibility index (Phi) is 1.45. The lowest BCUT2D eigenvalue weighted by Crippen LogP contribution is -2.31. The molecule has 2 nitrogen and oxygen atoms in total. The Morgan fingerprint density at radius 1 is 1.88 bits per heavy atom. The molecule has 0 saturated carbocycles. The number of nitrogens with zero attached hydrogens (tertiary/aromatic N) is 1. The Bertz CT molecular complexity index is 122. The summed E-state index contributed by atoms with van der Waals surface area (Å²) in [5.41, 5.74) is 3.08. The minimum atomic E-state index is 0.382. The monoisotopic (exact) mass is 132 g/mol. The number of hydrogen-bond acceptors (Lipinski definition) is 2. The predicted octanol–water partition coefficient (Wildman–Crippen LogP) is 0.905. The van der Waals surface area contributed by atoms with Crippen molar-refractivity contribution in [2.75, 3.05) is 7.05 Å². The smallest absolute Gasteiger partial charge is 0.116 e. The first-order chi connectivity index (χ1) is 3.70. The number of nitrogens with one attached hydrogen (secondary N) is 1. The zero-order valence-electron chi connectivity index (χ0n) is 4.98. The van der Waals surface area contributed by atoms with Crippen LogP contribution < -0.4 is 5.43 Å². The molecule has 46 valence electrons. The van der Waals surface area contributed by atoms with Gasteiger partial charge in [-0.15, -0.1) is 0 Å². The second-order valence-electron chi connectivity index (χ2n) is 1.97. The maximum atomic E-state index is 5.68. The lowest BCUT2D eigenvalue weighted by Gasteiger charge is -2.12. The molecule has 1 atom stereocenters. The summed E-state index contributed by atoms with van der Waals surface area (Å²) in [6.07, 6.45) is 1.96. The van der Waals surface area contributed by atoms with Crippen LogP contribution in [-0.2, 0) is 0 Å². The Hall–Kier alpha value is -0.210. The number of hydrogen-bond donors (Lipinski definition) is 1. The van der Waals surface area contributed by atoms with Crippen molar-refractivity contribution in [3.8, 4) is 0 Å². The normalized spacial score (nSPS) is 28.6. The van der Waals surface area contributed by atoms with E-state index in [0.717, 1.165) is 5.16 Å². The quantitative estimate of drug-likeness (QED) is 0.493. The van der Waals surface area contributed by atoms with Crippen molar-refractivity contribution in [2.24, 2.45) is 0 Å². The lowest BCUT2D eigenvalue weighted by atomic mass is 10.4. The number of halogens is 1. The number of hydrazine groups is 1. The third kappa shape index (κ3) is 0.956. The molecular formula is C5H9ClN2. The van der Waals surface area contributed by atoms with Crippen molar-refractivity contribution in [3.05, 3.63) is 11.2 Å². The van der Waals surface area contributed by atoms with E-state index >= 15 is 0 Å². The van der Waals surface area contributed by atoms with Crippen LogP contribution in [0.1, 0.15) is 6.92 Å². The summed E-state index contributed by atoms with van der Waals surface area (Å²) in [5.74, 6) is 0. The molecule has 1 aliphatic heterocycles. The van der Waals surface area contributed by atoms with Gasteiger partial charge in [0.1, 0.15) is 5.16 Å². The van der Waals surface area contributed by atoms with Crippen LogP contribution in [0.2, 0.25) is 0 Å². The summed E-state index contributed by atoms with van der Waals surface area (Å²) in [7, 11) is 1.89. The fraction of sp³-hybridized carbons (Fsp3) is 0.600. The molecule has 1 unspecified atom stereocenters. The SMILES string of the molecule is CC1C=C(Cl)N(C)N1. The van der Waals surface area contributed by atoms with Crippen LogP contribution in [0.25, 0.3) is 0 Å². The molecule has 0 spiro atoms. The molecule has 0 aromatic carbocycles. The van der Waals surface area contributed by atoms with E-state index in [4.69, 9.17) is 11.6 Å². The van der Waals surface area contributed by atoms with Gasteiger partial charge in [0.2, 0.25) is 0 Å². The Labute approximate surface area is 54.1 Å². The van der Waals surface area contributed by atoms with E-state index < -0.39 is 0 Å². The van der Waals surface area contributed by atoms with Gasteiger partial charge in [0.15, 0.2) is 0 Å². The van der Waals surface area contributed by atoms with Crippen molar-refractivity contribution < 1.29 is 0 Å². The molecule has 0 aromatic heterocycles. The van der Waals surface area contributed by atoms with Gasteiger partial charge < -0.3 is 5.01 Å². The lowest BCUT2D eigenvalue weighted by molar-refractivity contribution is 0.331. The van der Waals surface area contributed by atoms with Gasteiger partial charge in [0.25, 0.3) is 0 Å². The van der Waals surface area contributed by atoms with Crippen LogP contribution in [0.5, 0.6) is 0 Å². The fourth-order valence-corrected chi connectivity index (χ4v) is 0.960. The maximum Gasteiger partial charge on any atom is 0.116 e. The molecule has 0 fully saturated rings. The van der Waals surface area contributed by atoms with Crippen molar-refractivity contribution in [1.82, 2.24) is 10.4 Å².